The fourth-order valence-corrected chi connectivity index (χ4v) is 5.77. The molecule has 0 aliphatic rings. The zero-order valence-corrected chi connectivity index (χ0v) is 13.0. The largest absolute Gasteiger partial charge is 0.522 e. The molecule has 11 heteroatoms. The monoisotopic (exact) mass is 349 g/mol. The summed E-state index contributed by atoms with van der Waals surface area (Å²) in [5.74, 6) is 0. The summed E-state index contributed by atoms with van der Waals surface area (Å²) in [4.78, 5) is 11.6. The summed E-state index contributed by atoms with van der Waals surface area (Å²) in [7, 11) is -9.08. The van der Waals surface area contributed by atoms with E-state index in [9.17, 15) is 26.4 Å². The smallest absolute Gasteiger partial charge is 0.307 e. The van der Waals surface area contributed by atoms with Crippen molar-refractivity contribution in [3.63, 3.8) is 0 Å². The first-order valence-electron chi connectivity index (χ1n) is 5.23. The average molecular weight is 350 g/mol. The molecule has 0 bridgehead atoms. The first-order valence-corrected chi connectivity index (χ1v) is 10.1. The number of pyridine rings is 1. The Morgan fingerprint density at radius 2 is 1.90 bits per heavy atom. The van der Waals surface area contributed by atoms with Crippen LogP contribution in [-0.4, -0.2) is 26.8 Å². The van der Waals surface area contributed by atoms with E-state index in [1.165, 1.54) is 25.2 Å². The van der Waals surface area contributed by atoms with E-state index in [1.54, 1.807) is 0 Å². The number of aromatic nitrogens is 1. The number of nitrogens with zero attached hydrogens (tertiary/aromatic N) is 1. The fourth-order valence-electron chi connectivity index (χ4n) is 1.40. The highest BCUT2D eigenvalue weighted by molar-refractivity contribution is 7.88. The number of hydrogen-bond acceptors (Lipinski definition) is 4. The molecule has 1 heterocycles. The van der Waals surface area contributed by atoms with Crippen molar-refractivity contribution in [2.75, 3.05) is 0 Å². The number of halogens is 4. The molecule has 0 saturated heterocycles. The summed E-state index contributed by atoms with van der Waals surface area (Å²) in [6.45, 7) is 2.48. The van der Waals surface area contributed by atoms with Gasteiger partial charge in [0.2, 0.25) is 8.32 Å². The van der Waals surface area contributed by atoms with Gasteiger partial charge < -0.3 is 3.87 Å². The third kappa shape index (κ3) is 4.07. The Hall–Kier alpha value is -0.843. The lowest BCUT2D eigenvalue weighted by atomic mass is 10.5. The molecule has 1 aromatic heterocycles. The quantitative estimate of drug-likeness (QED) is 0.474. The van der Waals surface area contributed by atoms with Gasteiger partial charge in [-0.3, -0.25) is 9.36 Å². The third-order valence-corrected chi connectivity index (χ3v) is 6.81. The van der Waals surface area contributed by atoms with Gasteiger partial charge in [-0.2, -0.15) is 21.6 Å². The van der Waals surface area contributed by atoms with Crippen molar-refractivity contribution < 1.29 is 25.5 Å². The summed E-state index contributed by atoms with van der Waals surface area (Å²) in [6, 6.07) is 3.91. The molecule has 0 N–H and O–H groups in total. The maximum atomic E-state index is 12.3. The molecule has 0 unspecified atom stereocenters. The van der Waals surface area contributed by atoms with E-state index in [0.717, 1.165) is 10.6 Å². The molecule has 0 amide bonds. The van der Waals surface area contributed by atoms with E-state index < -0.39 is 29.5 Å². The lowest BCUT2D eigenvalue weighted by molar-refractivity contribution is -0.0504. The third-order valence-electron chi connectivity index (χ3n) is 2.15. The number of alkyl halides is 3. The van der Waals surface area contributed by atoms with Crippen LogP contribution in [-0.2, 0) is 20.2 Å². The van der Waals surface area contributed by atoms with E-state index >= 15 is 0 Å². The van der Waals surface area contributed by atoms with Crippen LogP contribution < -0.4 is 5.56 Å². The van der Waals surface area contributed by atoms with Gasteiger partial charge in [-0.05, 0) is 19.2 Å². The highest BCUT2D eigenvalue weighted by Gasteiger charge is 2.50. The molecule has 1 aromatic rings. The van der Waals surface area contributed by atoms with Crippen LogP contribution in [0.2, 0.25) is 18.2 Å². The number of hydrogen-bond donors (Lipinski definition) is 0. The Kier molecular flexibility index (Phi) is 4.74. The molecule has 0 aromatic carbocycles. The second-order valence-corrected chi connectivity index (χ2v) is 10.8. The van der Waals surface area contributed by atoms with Gasteiger partial charge in [-0.15, -0.1) is 0 Å². The van der Waals surface area contributed by atoms with Crippen molar-refractivity contribution in [3.05, 3.63) is 33.7 Å². The molecule has 114 valence electrons. The Balaban J connectivity index is 3.06. The van der Waals surface area contributed by atoms with Gasteiger partial charge in [-0.25, -0.2) is 0 Å². The zero-order valence-electron chi connectivity index (χ0n) is 10.4. The van der Waals surface area contributed by atoms with Crippen molar-refractivity contribution in [3.8, 4) is 0 Å². The summed E-state index contributed by atoms with van der Waals surface area (Å²) in [5.41, 5.74) is -6.05. The van der Waals surface area contributed by atoms with Gasteiger partial charge >= 0.3 is 15.6 Å². The first kappa shape index (κ1) is 17.2. The molecule has 0 saturated carbocycles. The first-order chi connectivity index (χ1) is 8.86. The van der Waals surface area contributed by atoms with Crippen LogP contribution in [0.5, 0.6) is 0 Å². The van der Waals surface area contributed by atoms with Crippen LogP contribution in [0.25, 0.3) is 0 Å². The summed E-state index contributed by atoms with van der Waals surface area (Å²) in [5, 5.41) is -0.00826. The second kappa shape index (κ2) is 5.51. The Morgan fingerprint density at radius 3 is 2.35 bits per heavy atom. The van der Waals surface area contributed by atoms with E-state index in [0.29, 0.717) is 0 Å². The number of rotatable bonds is 4. The fraction of sp³-hybridized carbons (Fsp3) is 0.444. The van der Waals surface area contributed by atoms with E-state index in [1.807, 2.05) is 0 Å². The van der Waals surface area contributed by atoms with Crippen LogP contribution in [0.3, 0.4) is 0 Å². The van der Waals surface area contributed by atoms with Crippen LogP contribution >= 0.6 is 11.6 Å². The predicted molar refractivity (Wildman–Crippen MR) is 69.3 cm³/mol. The highest BCUT2D eigenvalue weighted by atomic mass is 35.5. The minimum atomic E-state index is -5.70. The van der Waals surface area contributed by atoms with Gasteiger partial charge in [0, 0.05) is 12.2 Å². The zero-order chi connectivity index (χ0) is 15.8. The van der Waals surface area contributed by atoms with E-state index in [2.05, 4.69) is 3.87 Å². The maximum Gasteiger partial charge on any atom is 0.522 e. The molecular weight excluding hydrogens is 339 g/mol. The summed E-state index contributed by atoms with van der Waals surface area (Å²) >= 11 is 5.75. The van der Waals surface area contributed by atoms with Crippen LogP contribution in [0.1, 0.15) is 0 Å². The molecule has 1 rings (SSSR count). The topological polar surface area (TPSA) is 65.4 Å². The molecule has 0 atom stereocenters. The Bertz CT molecular complexity index is 656. The SMILES string of the molecule is C[Si](C)(Cn1c(Cl)cccc1=O)OS(=O)(=O)C(F)(F)F. The lowest BCUT2D eigenvalue weighted by Crippen LogP contribution is -2.44. The molecule has 0 spiro atoms. The molecule has 0 fully saturated rings. The Morgan fingerprint density at radius 1 is 1.35 bits per heavy atom. The van der Waals surface area contributed by atoms with Gasteiger partial charge in [-0.1, -0.05) is 17.7 Å². The van der Waals surface area contributed by atoms with Crippen LogP contribution in [0, 0.1) is 0 Å². The maximum absolute atomic E-state index is 12.3. The van der Waals surface area contributed by atoms with Crippen LogP contribution in [0.4, 0.5) is 13.2 Å². The standard InChI is InChI=1S/C9H11ClF3NO4SSi/c1-20(2,18-19(16,17)9(11,12)13)6-14-7(10)4-3-5-8(14)15/h3-5H,6H2,1-2H3. The van der Waals surface area contributed by atoms with Crippen LogP contribution in [0.15, 0.2) is 23.0 Å². The van der Waals surface area contributed by atoms with Gasteiger partial charge in [0.05, 0.1) is 0 Å². The van der Waals surface area contributed by atoms with E-state index in [-0.39, 0.29) is 11.3 Å². The molecule has 0 radical (unpaired) electrons. The average Bonchev–Trinajstić information content (AvgIpc) is 2.20. The van der Waals surface area contributed by atoms with Crippen molar-refractivity contribution >= 4 is 30.0 Å². The second-order valence-electron chi connectivity index (χ2n) is 4.52. The van der Waals surface area contributed by atoms with Gasteiger partial charge in [0.15, 0.2) is 0 Å². The summed E-state index contributed by atoms with van der Waals surface area (Å²) in [6.07, 6.45) is -0.319. The van der Waals surface area contributed by atoms with Crippen molar-refractivity contribution in [2.24, 2.45) is 0 Å². The van der Waals surface area contributed by atoms with Crippen molar-refractivity contribution in [1.29, 1.82) is 0 Å². The summed E-state index contributed by atoms with van der Waals surface area (Å²) < 4.78 is 64.1. The minimum Gasteiger partial charge on any atom is -0.307 e. The highest BCUT2D eigenvalue weighted by Crippen LogP contribution is 2.28. The van der Waals surface area contributed by atoms with Gasteiger partial charge in [0.25, 0.3) is 5.56 Å². The molecule has 20 heavy (non-hydrogen) atoms. The molecular formula is C9H11ClF3NO4SSi. The molecule has 0 aliphatic heterocycles. The molecule has 5 nitrogen and oxygen atoms in total. The van der Waals surface area contributed by atoms with E-state index in [4.69, 9.17) is 11.6 Å². The normalized spacial score (nSPS) is 13.5. The minimum absolute atomic E-state index is 0.00826. The van der Waals surface area contributed by atoms with Crippen molar-refractivity contribution in [2.45, 2.75) is 24.8 Å². The molecule has 0 aliphatic carbocycles. The lowest BCUT2D eigenvalue weighted by Gasteiger charge is -2.24. The van der Waals surface area contributed by atoms with Gasteiger partial charge in [0.1, 0.15) is 5.15 Å². The predicted octanol–water partition coefficient (Wildman–Crippen LogP) is 2.11. The Labute approximate surface area is 119 Å². The van der Waals surface area contributed by atoms with Crippen molar-refractivity contribution in [1.82, 2.24) is 4.57 Å².